The molecule has 40 heavy (non-hydrogen) atoms. The van der Waals surface area contributed by atoms with Crippen molar-refractivity contribution < 1.29 is 0 Å². The molecule has 7 aromatic rings. The van der Waals surface area contributed by atoms with E-state index in [2.05, 4.69) is 148 Å². The third kappa shape index (κ3) is 3.20. The van der Waals surface area contributed by atoms with Crippen LogP contribution in [-0.4, -0.2) is 0 Å². The fourth-order valence-electron chi connectivity index (χ4n) is 7.21. The summed E-state index contributed by atoms with van der Waals surface area (Å²) in [7, 11) is 0. The van der Waals surface area contributed by atoms with Crippen LogP contribution in [0.1, 0.15) is 30.5 Å². The zero-order chi connectivity index (χ0) is 27.0. The van der Waals surface area contributed by atoms with Crippen LogP contribution >= 0.6 is 0 Å². The molecule has 0 nitrogen and oxygen atoms in total. The fourth-order valence-corrected chi connectivity index (χ4v) is 7.21. The van der Waals surface area contributed by atoms with Gasteiger partial charge in [-0.15, -0.1) is 0 Å². The van der Waals surface area contributed by atoms with E-state index in [4.69, 9.17) is 0 Å². The van der Waals surface area contributed by atoms with Crippen molar-refractivity contribution >= 4 is 32.3 Å². The van der Waals surface area contributed by atoms with Crippen LogP contribution in [-0.2, 0) is 5.41 Å². The molecular formula is C40H30. The summed E-state index contributed by atoms with van der Waals surface area (Å²) in [5.74, 6) is 0. The molecule has 0 bridgehead atoms. The lowest BCUT2D eigenvalue weighted by Crippen LogP contribution is -2.14. The molecule has 0 aliphatic heterocycles. The van der Waals surface area contributed by atoms with Crippen LogP contribution in [0.5, 0.6) is 0 Å². The summed E-state index contributed by atoms with van der Waals surface area (Å²) in [6.07, 6.45) is 0. The highest BCUT2D eigenvalue weighted by molar-refractivity contribution is 6.23. The largest absolute Gasteiger partial charge is 0.0619 e. The van der Waals surface area contributed by atoms with Crippen molar-refractivity contribution in [2.75, 3.05) is 0 Å². The average molecular weight is 511 g/mol. The lowest BCUT2D eigenvalue weighted by atomic mass is 9.81. The predicted molar refractivity (Wildman–Crippen MR) is 172 cm³/mol. The number of hydrogen-bond donors (Lipinski definition) is 0. The molecule has 0 aromatic heterocycles. The lowest BCUT2D eigenvalue weighted by molar-refractivity contribution is 0.660. The smallest absolute Gasteiger partial charge is 0.0158 e. The van der Waals surface area contributed by atoms with E-state index in [0.29, 0.717) is 0 Å². The number of benzene rings is 7. The summed E-state index contributed by atoms with van der Waals surface area (Å²) in [5.41, 5.74) is 12.0. The molecule has 0 atom stereocenters. The van der Waals surface area contributed by atoms with Crippen LogP contribution in [0.25, 0.3) is 65.7 Å². The quantitative estimate of drug-likeness (QED) is 0.203. The van der Waals surface area contributed by atoms with E-state index >= 15 is 0 Å². The van der Waals surface area contributed by atoms with Crippen molar-refractivity contribution in [1.82, 2.24) is 0 Å². The highest BCUT2D eigenvalue weighted by Crippen LogP contribution is 2.51. The van der Waals surface area contributed by atoms with Crippen molar-refractivity contribution in [3.63, 3.8) is 0 Å². The van der Waals surface area contributed by atoms with Crippen LogP contribution in [0.4, 0.5) is 0 Å². The Hall–Kier alpha value is -4.68. The highest BCUT2D eigenvalue weighted by Gasteiger charge is 2.35. The minimum Gasteiger partial charge on any atom is -0.0619 e. The van der Waals surface area contributed by atoms with Gasteiger partial charge in [-0.2, -0.15) is 0 Å². The van der Waals surface area contributed by atoms with Crippen LogP contribution in [0, 0.1) is 6.92 Å². The normalized spacial score (nSPS) is 13.6. The molecule has 0 fully saturated rings. The maximum Gasteiger partial charge on any atom is 0.0158 e. The van der Waals surface area contributed by atoms with Gasteiger partial charge in [0.25, 0.3) is 0 Å². The Labute approximate surface area is 235 Å². The van der Waals surface area contributed by atoms with Gasteiger partial charge in [-0.1, -0.05) is 141 Å². The molecule has 0 heteroatoms. The van der Waals surface area contributed by atoms with Gasteiger partial charge in [-0.25, -0.2) is 0 Å². The first-order valence-electron chi connectivity index (χ1n) is 14.2. The Kier molecular flexibility index (Phi) is 4.88. The molecule has 190 valence electrons. The SMILES string of the molecule is Cc1ccc2c(-c3cccc4ccccc34)c3ccccc3c(-c3ccc4c(c3)-c3ccccc3C4(C)C)c2c1. The number of hydrogen-bond acceptors (Lipinski definition) is 0. The minimum absolute atomic E-state index is 0.00338. The monoisotopic (exact) mass is 510 g/mol. The van der Waals surface area contributed by atoms with Gasteiger partial charge < -0.3 is 0 Å². The van der Waals surface area contributed by atoms with E-state index in [1.807, 2.05) is 0 Å². The second kappa shape index (κ2) is 8.41. The Morgan fingerprint density at radius 2 is 1.05 bits per heavy atom. The topological polar surface area (TPSA) is 0 Å². The van der Waals surface area contributed by atoms with Gasteiger partial charge in [0, 0.05) is 5.41 Å². The minimum atomic E-state index is 0.00338. The standard InChI is InChI=1S/C40H30/c1-25-19-21-33-35(23-25)38(27-20-22-37-34(24-27)29-14-8-9-18-36(29)40(37,2)3)31-15-6-7-16-32(31)39(33)30-17-10-12-26-11-4-5-13-28(26)30/h4-24H,1-3H3. The summed E-state index contributed by atoms with van der Waals surface area (Å²) in [5, 5.41) is 7.78. The molecule has 0 spiro atoms. The van der Waals surface area contributed by atoms with Crippen LogP contribution in [0.15, 0.2) is 127 Å². The molecule has 0 heterocycles. The third-order valence-corrected chi connectivity index (χ3v) is 9.11. The molecule has 0 radical (unpaired) electrons. The third-order valence-electron chi connectivity index (χ3n) is 9.11. The first kappa shape index (κ1) is 23.2. The van der Waals surface area contributed by atoms with Gasteiger partial charge in [-0.05, 0) is 89.8 Å². The first-order valence-corrected chi connectivity index (χ1v) is 14.2. The second-order valence-electron chi connectivity index (χ2n) is 11.8. The number of fused-ring (bicyclic) bond motifs is 6. The van der Waals surface area contributed by atoms with Gasteiger partial charge >= 0.3 is 0 Å². The first-order chi connectivity index (χ1) is 19.5. The van der Waals surface area contributed by atoms with Gasteiger partial charge in [0.1, 0.15) is 0 Å². The number of rotatable bonds is 2. The van der Waals surface area contributed by atoms with E-state index in [-0.39, 0.29) is 5.41 Å². The second-order valence-corrected chi connectivity index (χ2v) is 11.8. The maximum absolute atomic E-state index is 2.45. The predicted octanol–water partition coefficient (Wildman–Crippen LogP) is 11.1. The summed E-state index contributed by atoms with van der Waals surface area (Å²) >= 11 is 0. The summed E-state index contributed by atoms with van der Waals surface area (Å²) < 4.78 is 0. The van der Waals surface area contributed by atoms with Crippen molar-refractivity contribution in [1.29, 1.82) is 0 Å². The summed E-state index contributed by atoms with van der Waals surface area (Å²) in [4.78, 5) is 0. The van der Waals surface area contributed by atoms with E-state index in [0.717, 1.165) is 0 Å². The maximum atomic E-state index is 2.45. The molecule has 8 rings (SSSR count). The van der Waals surface area contributed by atoms with E-state index in [1.54, 1.807) is 0 Å². The molecule has 0 unspecified atom stereocenters. The molecule has 1 aliphatic rings. The van der Waals surface area contributed by atoms with Gasteiger partial charge in [0.05, 0.1) is 0 Å². The van der Waals surface area contributed by atoms with Gasteiger partial charge in [-0.3, -0.25) is 0 Å². The molecule has 0 saturated heterocycles. The molecule has 0 saturated carbocycles. The zero-order valence-electron chi connectivity index (χ0n) is 23.1. The Morgan fingerprint density at radius 3 is 1.90 bits per heavy atom. The lowest BCUT2D eigenvalue weighted by Gasteiger charge is -2.22. The van der Waals surface area contributed by atoms with E-state index in [1.165, 1.54) is 82.4 Å². The summed E-state index contributed by atoms with van der Waals surface area (Å²) in [6.45, 7) is 6.91. The Morgan fingerprint density at radius 1 is 0.425 bits per heavy atom. The van der Waals surface area contributed by atoms with Gasteiger partial charge in [0.2, 0.25) is 0 Å². The van der Waals surface area contributed by atoms with Crippen LogP contribution in [0.2, 0.25) is 0 Å². The molecular weight excluding hydrogens is 480 g/mol. The fraction of sp³-hybridized carbons (Fsp3) is 0.100. The zero-order valence-corrected chi connectivity index (χ0v) is 23.1. The average Bonchev–Trinajstić information content (AvgIpc) is 3.21. The Balaban J connectivity index is 1.50. The summed E-state index contributed by atoms with van der Waals surface area (Å²) in [6, 6.07) is 47.5. The number of aryl methyl sites for hydroxylation is 1. The van der Waals surface area contributed by atoms with Crippen LogP contribution < -0.4 is 0 Å². The van der Waals surface area contributed by atoms with Crippen LogP contribution in [0.3, 0.4) is 0 Å². The molecule has 0 amide bonds. The van der Waals surface area contributed by atoms with Crippen molar-refractivity contribution in [3.8, 4) is 33.4 Å². The molecule has 1 aliphatic carbocycles. The van der Waals surface area contributed by atoms with E-state index in [9.17, 15) is 0 Å². The highest BCUT2D eigenvalue weighted by atomic mass is 14.4. The molecule has 7 aromatic carbocycles. The van der Waals surface area contributed by atoms with Crippen molar-refractivity contribution in [3.05, 3.63) is 144 Å². The van der Waals surface area contributed by atoms with Gasteiger partial charge in [0.15, 0.2) is 0 Å². The van der Waals surface area contributed by atoms with Crippen molar-refractivity contribution in [2.24, 2.45) is 0 Å². The molecule has 0 N–H and O–H groups in total. The Bertz CT molecular complexity index is 2140. The van der Waals surface area contributed by atoms with E-state index < -0.39 is 0 Å². The van der Waals surface area contributed by atoms with Crippen molar-refractivity contribution in [2.45, 2.75) is 26.2 Å².